The van der Waals surface area contributed by atoms with Crippen molar-refractivity contribution in [1.82, 2.24) is 13.9 Å². The monoisotopic (exact) mass is 365 g/mol. The van der Waals surface area contributed by atoms with Gasteiger partial charge in [-0.2, -0.15) is 0 Å². The minimum Gasteiger partial charge on any atom is -0.382 e. The van der Waals surface area contributed by atoms with Crippen LogP contribution in [0, 0.1) is 0 Å². The van der Waals surface area contributed by atoms with E-state index in [1.54, 1.807) is 61.1 Å². The highest BCUT2D eigenvalue weighted by Gasteiger charge is 2.27. The second-order valence-corrected chi connectivity index (χ2v) is 7.56. The van der Waals surface area contributed by atoms with Gasteiger partial charge in [0.25, 0.3) is 10.0 Å². The van der Waals surface area contributed by atoms with Crippen LogP contribution < -0.4 is 0 Å². The van der Waals surface area contributed by atoms with E-state index >= 15 is 0 Å². The number of fused-ring (bicyclic) bond motifs is 1. The standard InChI is InChI=1S/C19H15N3O3S/c23-19(14-6-9-20-10-7-14)17-12-15-8-11-21-13-18(15)22(17)26(24,25)16-4-2-1-3-5-16/h1-13,19,23H/t19-/m0/s1. The van der Waals surface area contributed by atoms with E-state index in [-0.39, 0.29) is 10.6 Å². The van der Waals surface area contributed by atoms with Crippen LogP contribution in [0.5, 0.6) is 0 Å². The minimum absolute atomic E-state index is 0.143. The Bertz CT molecular complexity index is 1160. The van der Waals surface area contributed by atoms with Gasteiger partial charge in [-0.25, -0.2) is 12.4 Å². The van der Waals surface area contributed by atoms with E-state index < -0.39 is 16.1 Å². The van der Waals surface area contributed by atoms with Crippen LogP contribution in [-0.2, 0) is 10.0 Å². The first-order chi connectivity index (χ1) is 12.6. The smallest absolute Gasteiger partial charge is 0.268 e. The number of aliphatic hydroxyl groups excluding tert-OH is 1. The maximum absolute atomic E-state index is 13.3. The Morgan fingerprint density at radius 3 is 2.35 bits per heavy atom. The average Bonchev–Trinajstić information content (AvgIpc) is 3.09. The van der Waals surface area contributed by atoms with E-state index in [9.17, 15) is 13.5 Å². The Kier molecular flexibility index (Phi) is 4.02. The molecule has 0 unspecified atom stereocenters. The number of nitrogens with zero attached hydrogens (tertiary/aromatic N) is 3. The Hall–Kier alpha value is -3.03. The molecule has 0 aliphatic heterocycles. The van der Waals surface area contributed by atoms with Crippen molar-refractivity contribution >= 4 is 20.9 Å². The molecule has 0 amide bonds. The van der Waals surface area contributed by atoms with Crippen molar-refractivity contribution in [3.05, 3.63) is 90.6 Å². The third kappa shape index (κ3) is 2.67. The lowest BCUT2D eigenvalue weighted by Gasteiger charge is -2.16. The summed E-state index contributed by atoms with van der Waals surface area (Å²) in [5.74, 6) is 0. The van der Waals surface area contributed by atoms with Crippen LogP contribution in [0.1, 0.15) is 17.4 Å². The molecule has 1 atom stereocenters. The Morgan fingerprint density at radius 1 is 0.923 bits per heavy atom. The van der Waals surface area contributed by atoms with Gasteiger partial charge in [0.1, 0.15) is 6.10 Å². The van der Waals surface area contributed by atoms with E-state index in [1.807, 2.05) is 0 Å². The third-order valence-corrected chi connectivity index (χ3v) is 5.93. The molecule has 0 bridgehead atoms. The molecule has 7 heteroatoms. The molecule has 0 aliphatic carbocycles. The fourth-order valence-corrected chi connectivity index (χ4v) is 4.47. The van der Waals surface area contributed by atoms with Crippen LogP contribution in [0.2, 0.25) is 0 Å². The summed E-state index contributed by atoms with van der Waals surface area (Å²) in [6.45, 7) is 0. The predicted molar refractivity (Wildman–Crippen MR) is 97.1 cm³/mol. The van der Waals surface area contributed by atoms with Crippen LogP contribution in [0.25, 0.3) is 10.9 Å². The average molecular weight is 365 g/mol. The molecule has 4 rings (SSSR count). The van der Waals surface area contributed by atoms with Crippen molar-refractivity contribution < 1.29 is 13.5 Å². The molecule has 0 saturated carbocycles. The van der Waals surface area contributed by atoms with Gasteiger partial charge in [-0.15, -0.1) is 0 Å². The maximum atomic E-state index is 13.3. The molecule has 6 nitrogen and oxygen atoms in total. The highest BCUT2D eigenvalue weighted by molar-refractivity contribution is 7.90. The molecule has 4 aromatic rings. The molecule has 130 valence electrons. The van der Waals surface area contributed by atoms with Crippen LogP contribution in [-0.4, -0.2) is 27.5 Å². The zero-order chi connectivity index (χ0) is 18.1. The number of aromatic nitrogens is 3. The van der Waals surface area contributed by atoms with Crippen molar-refractivity contribution in [2.45, 2.75) is 11.0 Å². The van der Waals surface area contributed by atoms with Gasteiger partial charge >= 0.3 is 0 Å². The van der Waals surface area contributed by atoms with Crippen LogP contribution in [0.15, 0.2) is 84.3 Å². The largest absolute Gasteiger partial charge is 0.382 e. The molecule has 26 heavy (non-hydrogen) atoms. The fraction of sp³-hybridized carbons (Fsp3) is 0.0526. The lowest BCUT2D eigenvalue weighted by atomic mass is 10.1. The first-order valence-electron chi connectivity index (χ1n) is 7.93. The van der Waals surface area contributed by atoms with Gasteiger partial charge < -0.3 is 5.11 Å². The number of hydrogen-bond donors (Lipinski definition) is 1. The van der Waals surface area contributed by atoms with Crippen LogP contribution >= 0.6 is 0 Å². The number of aliphatic hydroxyl groups is 1. The minimum atomic E-state index is -3.90. The summed E-state index contributed by atoms with van der Waals surface area (Å²) in [5, 5.41) is 11.5. The van der Waals surface area contributed by atoms with Crippen LogP contribution in [0.4, 0.5) is 0 Å². The molecule has 1 aromatic carbocycles. The van der Waals surface area contributed by atoms with Crippen molar-refractivity contribution in [3.63, 3.8) is 0 Å². The molecular weight excluding hydrogens is 350 g/mol. The van der Waals surface area contributed by atoms with E-state index in [1.165, 1.54) is 18.3 Å². The van der Waals surface area contributed by atoms with Crippen molar-refractivity contribution in [2.75, 3.05) is 0 Å². The highest BCUT2D eigenvalue weighted by Crippen LogP contribution is 2.31. The summed E-state index contributed by atoms with van der Waals surface area (Å²) in [4.78, 5) is 8.13. The summed E-state index contributed by atoms with van der Waals surface area (Å²) >= 11 is 0. The number of hydrogen-bond acceptors (Lipinski definition) is 5. The van der Waals surface area contributed by atoms with Gasteiger partial charge in [-0.1, -0.05) is 18.2 Å². The first-order valence-corrected chi connectivity index (χ1v) is 9.37. The first kappa shape index (κ1) is 16.4. The number of rotatable bonds is 4. The molecule has 1 N–H and O–H groups in total. The zero-order valence-corrected chi connectivity index (χ0v) is 14.4. The molecular formula is C19H15N3O3S. The molecule has 3 aromatic heterocycles. The van der Waals surface area contributed by atoms with Gasteiger partial charge in [-0.3, -0.25) is 9.97 Å². The SMILES string of the molecule is O=S(=O)(c1ccccc1)n1c([C@@H](O)c2ccncc2)cc2ccncc21. The fourth-order valence-electron chi connectivity index (χ4n) is 2.92. The molecule has 0 aliphatic rings. The van der Waals surface area contributed by atoms with Gasteiger partial charge in [0, 0.05) is 24.0 Å². The Labute approximate surface area is 150 Å². The predicted octanol–water partition coefficient (Wildman–Crippen LogP) is 2.75. The van der Waals surface area contributed by atoms with E-state index in [0.717, 1.165) is 3.97 Å². The van der Waals surface area contributed by atoms with Gasteiger partial charge in [0.2, 0.25) is 0 Å². The second-order valence-electron chi connectivity index (χ2n) is 5.77. The lowest BCUT2D eigenvalue weighted by molar-refractivity contribution is 0.214. The molecule has 3 heterocycles. The number of benzene rings is 1. The molecule has 0 radical (unpaired) electrons. The van der Waals surface area contributed by atoms with E-state index in [4.69, 9.17) is 0 Å². The van der Waals surface area contributed by atoms with Crippen molar-refractivity contribution in [1.29, 1.82) is 0 Å². The summed E-state index contributed by atoms with van der Waals surface area (Å²) in [7, 11) is -3.90. The molecule has 0 spiro atoms. The highest BCUT2D eigenvalue weighted by atomic mass is 32.2. The second kappa shape index (κ2) is 6.36. The number of pyridine rings is 2. The maximum Gasteiger partial charge on any atom is 0.268 e. The normalized spacial score (nSPS) is 13.0. The van der Waals surface area contributed by atoms with Crippen molar-refractivity contribution in [2.24, 2.45) is 0 Å². The van der Waals surface area contributed by atoms with Gasteiger partial charge in [0.05, 0.1) is 22.3 Å². The molecule has 0 saturated heterocycles. The zero-order valence-electron chi connectivity index (χ0n) is 13.6. The van der Waals surface area contributed by atoms with Crippen LogP contribution in [0.3, 0.4) is 0 Å². The topological polar surface area (TPSA) is 85.1 Å². The summed E-state index contributed by atoms with van der Waals surface area (Å²) < 4.78 is 27.7. The Balaban J connectivity index is 1.99. The van der Waals surface area contributed by atoms with Gasteiger partial charge in [-0.05, 0) is 42.0 Å². The molecule has 0 fully saturated rings. The lowest BCUT2D eigenvalue weighted by Crippen LogP contribution is -2.18. The third-order valence-electron chi connectivity index (χ3n) is 4.17. The summed E-state index contributed by atoms with van der Waals surface area (Å²) in [6, 6.07) is 14.8. The summed E-state index contributed by atoms with van der Waals surface area (Å²) in [6.07, 6.45) is 5.06. The Morgan fingerprint density at radius 2 is 1.62 bits per heavy atom. The van der Waals surface area contributed by atoms with Crippen molar-refractivity contribution in [3.8, 4) is 0 Å². The van der Waals surface area contributed by atoms with E-state index in [2.05, 4.69) is 9.97 Å². The quantitative estimate of drug-likeness (QED) is 0.601. The summed E-state index contributed by atoms with van der Waals surface area (Å²) in [5.41, 5.74) is 1.22. The van der Waals surface area contributed by atoms with E-state index in [0.29, 0.717) is 16.5 Å². The van der Waals surface area contributed by atoms with Gasteiger partial charge in [0.15, 0.2) is 0 Å².